The Morgan fingerprint density at radius 3 is 1.41 bits per heavy atom. The Kier molecular flexibility index (Phi) is 13.1. The lowest BCUT2D eigenvalue weighted by Gasteiger charge is -2.34. The van der Waals surface area contributed by atoms with Gasteiger partial charge in [-0.2, -0.15) is 0 Å². The van der Waals surface area contributed by atoms with Crippen LogP contribution in [0.1, 0.15) is 36.8 Å². The van der Waals surface area contributed by atoms with E-state index in [2.05, 4.69) is 83.4 Å². The van der Waals surface area contributed by atoms with Gasteiger partial charge in [-0.05, 0) is 46.5 Å². The molecule has 0 bridgehead atoms. The number of benzene rings is 4. The molecule has 0 saturated heterocycles. The van der Waals surface area contributed by atoms with Crippen molar-refractivity contribution in [3.8, 4) is 11.5 Å². The van der Waals surface area contributed by atoms with Gasteiger partial charge in [-0.25, -0.2) is 0 Å². The van der Waals surface area contributed by atoms with Crippen LogP contribution in [0.3, 0.4) is 0 Å². The summed E-state index contributed by atoms with van der Waals surface area (Å²) >= 11 is 14.4. The lowest BCUT2D eigenvalue weighted by Crippen LogP contribution is -2.49. The summed E-state index contributed by atoms with van der Waals surface area (Å²) < 4.78 is 23.3. The Balaban J connectivity index is 0.000000906. The van der Waals surface area contributed by atoms with Crippen molar-refractivity contribution in [1.82, 2.24) is 10.6 Å². The summed E-state index contributed by atoms with van der Waals surface area (Å²) in [5.41, 5.74) is 2.43. The fourth-order valence-electron chi connectivity index (χ4n) is 6.10. The molecule has 0 spiro atoms. The van der Waals surface area contributed by atoms with Gasteiger partial charge >= 0.3 is 0 Å². The molecule has 2 atom stereocenters. The SMILES string of the molecule is ClC(Cl)Cl.c1ccc2c3c(ccc2c1)OCCOCCOCCOc1ccc2ccccc2c1CN[C@@H]1CCCC[C@H]1NC3. The van der Waals surface area contributed by atoms with Crippen LogP contribution in [-0.4, -0.2) is 56.0 Å². The Hall–Kier alpha value is -2.29. The van der Waals surface area contributed by atoms with Crippen LogP contribution in [-0.2, 0) is 22.6 Å². The molecule has 1 saturated carbocycles. The van der Waals surface area contributed by atoms with E-state index in [4.69, 9.17) is 53.8 Å². The molecular formula is C35H41Cl3N2O4. The molecule has 6 rings (SSSR count). The zero-order chi connectivity index (χ0) is 30.6. The van der Waals surface area contributed by atoms with Crippen LogP contribution in [0.4, 0.5) is 0 Å². The molecule has 1 fully saturated rings. The van der Waals surface area contributed by atoms with Crippen LogP contribution < -0.4 is 20.1 Å². The van der Waals surface area contributed by atoms with Crippen molar-refractivity contribution in [2.45, 2.75) is 55.2 Å². The minimum Gasteiger partial charge on any atom is -0.491 e. The zero-order valence-corrected chi connectivity index (χ0v) is 27.2. The number of rotatable bonds is 0. The fraction of sp³-hybridized carbons (Fsp3) is 0.429. The molecule has 0 amide bonds. The lowest BCUT2D eigenvalue weighted by atomic mass is 9.89. The third kappa shape index (κ3) is 9.37. The highest BCUT2D eigenvalue weighted by atomic mass is 35.6. The highest BCUT2D eigenvalue weighted by molar-refractivity contribution is 6.63. The number of hydrogen-bond donors (Lipinski definition) is 2. The van der Waals surface area contributed by atoms with Gasteiger partial charge in [0.25, 0.3) is 0 Å². The van der Waals surface area contributed by atoms with Gasteiger partial charge in [0.05, 0.1) is 26.4 Å². The number of nitrogens with one attached hydrogen (secondary N) is 2. The van der Waals surface area contributed by atoms with E-state index < -0.39 is 4.30 Å². The van der Waals surface area contributed by atoms with Gasteiger partial charge in [-0.15, -0.1) is 0 Å². The molecule has 1 aliphatic heterocycles. The minimum atomic E-state index is -0.750. The van der Waals surface area contributed by atoms with E-state index in [-0.39, 0.29) is 0 Å². The Morgan fingerprint density at radius 1 is 0.545 bits per heavy atom. The van der Waals surface area contributed by atoms with Crippen molar-refractivity contribution in [3.63, 3.8) is 0 Å². The topological polar surface area (TPSA) is 61.0 Å². The molecule has 1 heterocycles. The van der Waals surface area contributed by atoms with Crippen molar-refractivity contribution in [1.29, 1.82) is 0 Å². The van der Waals surface area contributed by atoms with Crippen molar-refractivity contribution in [3.05, 3.63) is 83.9 Å². The monoisotopic (exact) mass is 658 g/mol. The smallest absolute Gasteiger partial charge is 0.180 e. The molecule has 6 nitrogen and oxygen atoms in total. The maximum atomic E-state index is 6.25. The quantitative estimate of drug-likeness (QED) is 0.187. The normalized spacial score (nSPS) is 20.6. The molecule has 0 aromatic heterocycles. The van der Waals surface area contributed by atoms with Crippen LogP contribution in [0.2, 0.25) is 0 Å². The highest BCUT2D eigenvalue weighted by Gasteiger charge is 2.25. The van der Waals surface area contributed by atoms with Gasteiger partial charge in [0.1, 0.15) is 24.7 Å². The second-order valence-electron chi connectivity index (χ2n) is 11.0. The third-order valence-electron chi connectivity index (χ3n) is 8.19. The number of hydrogen-bond acceptors (Lipinski definition) is 6. The van der Waals surface area contributed by atoms with E-state index in [9.17, 15) is 0 Å². The molecule has 0 unspecified atom stereocenters. The van der Waals surface area contributed by atoms with Crippen molar-refractivity contribution in [2.24, 2.45) is 0 Å². The Morgan fingerprint density at radius 2 is 0.955 bits per heavy atom. The van der Waals surface area contributed by atoms with Gasteiger partial charge in [-0.1, -0.05) is 108 Å². The van der Waals surface area contributed by atoms with Gasteiger partial charge in [0, 0.05) is 36.3 Å². The maximum Gasteiger partial charge on any atom is 0.180 e. The first kappa shape index (κ1) is 33.1. The first-order valence-corrected chi connectivity index (χ1v) is 16.7. The van der Waals surface area contributed by atoms with Crippen LogP contribution in [0.15, 0.2) is 72.8 Å². The first-order chi connectivity index (χ1) is 21.6. The molecule has 2 aliphatic rings. The average molecular weight is 660 g/mol. The van der Waals surface area contributed by atoms with E-state index in [1.54, 1.807) is 0 Å². The molecule has 1 aliphatic carbocycles. The fourth-order valence-corrected chi connectivity index (χ4v) is 6.10. The maximum absolute atomic E-state index is 6.25. The summed E-state index contributed by atoms with van der Waals surface area (Å²) in [4.78, 5) is 0. The molecule has 4 aromatic carbocycles. The number of fused-ring (bicyclic) bond motifs is 7. The molecule has 2 N–H and O–H groups in total. The predicted molar refractivity (Wildman–Crippen MR) is 182 cm³/mol. The predicted octanol–water partition coefficient (Wildman–Crippen LogP) is 7.97. The van der Waals surface area contributed by atoms with E-state index in [1.807, 2.05) is 0 Å². The zero-order valence-electron chi connectivity index (χ0n) is 24.9. The third-order valence-corrected chi connectivity index (χ3v) is 8.19. The standard InChI is InChI=1S/C34H40N2O4.CHCl3/c1-3-9-27-25(7-1)13-15-33-29(27)23-35-31-11-5-6-12-32(31)36-24-30-28-10-4-2-8-26(28)14-16-34(30)40-22-20-38-18-17-37-19-21-39-33;2-1(3)4/h1-4,7-10,13-16,31-32,35-36H,5-6,11-12,17-24H2;1H/t31-,32-;/m1./s1. The summed E-state index contributed by atoms with van der Waals surface area (Å²) in [7, 11) is 0. The van der Waals surface area contributed by atoms with Crippen molar-refractivity contribution in [2.75, 3.05) is 39.6 Å². The second kappa shape index (κ2) is 17.4. The summed E-state index contributed by atoms with van der Waals surface area (Å²) in [6, 6.07) is 26.4. The summed E-state index contributed by atoms with van der Waals surface area (Å²) in [5.74, 6) is 1.86. The molecule has 236 valence electrons. The molecular weight excluding hydrogens is 619 g/mol. The van der Waals surface area contributed by atoms with Gasteiger partial charge in [0.15, 0.2) is 4.30 Å². The minimum absolute atomic E-state index is 0.377. The Bertz CT molecular complexity index is 1360. The average Bonchev–Trinajstić information content (AvgIpc) is 3.03. The number of alkyl halides is 3. The number of halogens is 3. The molecule has 44 heavy (non-hydrogen) atoms. The first-order valence-electron chi connectivity index (χ1n) is 15.4. The molecule has 4 aromatic rings. The van der Waals surface area contributed by atoms with Crippen LogP contribution in [0, 0.1) is 0 Å². The van der Waals surface area contributed by atoms with Gasteiger partial charge in [-0.3, -0.25) is 0 Å². The van der Waals surface area contributed by atoms with E-state index in [0.717, 1.165) is 37.4 Å². The van der Waals surface area contributed by atoms with Crippen molar-refractivity contribution >= 4 is 56.3 Å². The number of ether oxygens (including phenoxy) is 4. The van der Waals surface area contributed by atoms with Crippen LogP contribution in [0.25, 0.3) is 21.5 Å². The lowest BCUT2D eigenvalue weighted by molar-refractivity contribution is 0.0272. The second-order valence-corrected chi connectivity index (χ2v) is 12.9. The van der Waals surface area contributed by atoms with E-state index >= 15 is 0 Å². The van der Waals surface area contributed by atoms with Crippen molar-refractivity contribution < 1.29 is 18.9 Å². The summed E-state index contributed by atoms with van der Waals surface area (Å²) in [5, 5.41) is 12.8. The Labute approximate surface area is 275 Å². The largest absolute Gasteiger partial charge is 0.491 e. The summed E-state index contributed by atoms with van der Waals surface area (Å²) in [6.45, 7) is 4.64. The molecule has 9 heteroatoms. The summed E-state index contributed by atoms with van der Waals surface area (Å²) in [6.07, 6.45) is 4.80. The van der Waals surface area contributed by atoms with Gasteiger partial charge in [0.2, 0.25) is 0 Å². The van der Waals surface area contributed by atoms with E-state index in [0.29, 0.717) is 51.7 Å². The highest BCUT2D eigenvalue weighted by Crippen LogP contribution is 2.31. The molecule has 0 radical (unpaired) electrons. The van der Waals surface area contributed by atoms with Crippen LogP contribution in [0.5, 0.6) is 11.5 Å². The van der Waals surface area contributed by atoms with Gasteiger partial charge < -0.3 is 29.6 Å². The van der Waals surface area contributed by atoms with E-state index in [1.165, 1.54) is 45.5 Å². The van der Waals surface area contributed by atoms with Crippen LogP contribution >= 0.6 is 34.8 Å².